The number of benzene rings is 2. The molecule has 4 aromatic rings. The maximum atomic E-state index is 12.6. The second kappa shape index (κ2) is 6.77. The highest BCUT2D eigenvalue weighted by atomic mass is 16.1. The van der Waals surface area contributed by atoms with Gasteiger partial charge in [0.25, 0.3) is 5.91 Å². The minimum atomic E-state index is -0.155. The third-order valence-corrected chi connectivity index (χ3v) is 4.80. The van der Waals surface area contributed by atoms with Gasteiger partial charge in [-0.05, 0) is 71.8 Å². The van der Waals surface area contributed by atoms with Gasteiger partial charge in [0.15, 0.2) is 5.82 Å². The predicted octanol–water partition coefficient (Wildman–Crippen LogP) is 3.72. The lowest BCUT2D eigenvalue weighted by Gasteiger charge is -2.09. The van der Waals surface area contributed by atoms with Crippen LogP contribution in [-0.2, 0) is 0 Å². The third kappa shape index (κ3) is 3.18. The van der Waals surface area contributed by atoms with Gasteiger partial charge in [0.1, 0.15) is 0 Å². The molecule has 7 nitrogen and oxygen atoms in total. The van der Waals surface area contributed by atoms with E-state index in [0.717, 1.165) is 29.9 Å². The monoisotopic (exact) mass is 370 g/mol. The first-order valence-electron chi connectivity index (χ1n) is 9.21. The number of tetrazole rings is 1. The molecule has 5 rings (SSSR count). The number of anilines is 1. The molecule has 0 atom stereocenters. The van der Waals surface area contributed by atoms with E-state index >= 15 is 0 Å². The van der Waals surface area contributed by atoms with Crippen molar-refractivity contribution in [3.05, 3.63) is 78.6 Å². The Morgan fingerprint density at radius 2 is 1.79 bits per heavy atom. The molecule has 0 unspecified atom stereocenters. The largest absolute Gasteiger partial charge is 0.324 e. The Labute approximate surface area is 161 Å². The molecule has 2 aromatic carbocycles. The SMILES string of the molecule is O=C(Nc1cccc(-c2nnnn2C2CC2)c1)c1ccc(-n2cccc2)cc1. The molecule has 2 heterocycles. The smallest absolute Gasteiger partial charge is 0.255 e. The minimum Gasteiger partial charge on any atom is -0.324 e. The van der Waals surface area contributed by atoms with Gasteiger partial charge >= 0.3 is 0 Å². The maximum absolute atomic E-state index is 12.6. The van der Waals surface area contributed by atoms with Gasteiger partial charge in [-0.3, -0.25) is 4.79 Å². The van der Waals surface area contributed by atoms with E-state index in [0.29, 0.717) is 17.3 Å². The van der Waals surface area contributed by atoms with Crippen LogP contribution in [0, 0.1) is 0 Å². The molecule has 0 bridgehead atoms. The first-order chi connectivity index (χ1) is 13.8. The second-order valence-electron chi connectivity index (χ2n) is 6.85. The number of carbonyl (C=O) groups excluding carboxylic acids is 1. The van der Waals surface area contributed by atoms with Gasteiger partial charge < -0.3 is 9.88 Å². The Bertz CT molecular complexity index is 1110. The van der Waals surface area contributed by atoms with E-state index in [4.69, 9.17) is 0 Å². The topological polar surface area (TPSA) is 77.6 Å². The molecule has 1 aliphatic carbocycles. The van der Waals surface area contributed by atoms with Crippen LogP contribution in [-0.4, -0.2) is 30.7 Å². The lowest BCUT2D eigenvalue weighted by molar-refractivity contribution is 0.102. The van der Waals surface area contributed by atoms with Crippen molar-refractivity contribution in [1.82, 2.24) is 24.8 Å². The van der Waals surface area contributed by atoms with Gasteiger partial charge in [0, 0.05) is 34.9 Å². The van der Waals surface area contributed by atoms with Crippen molar-refractivity contribution in [2.24, 2.45) is 0 Å². The molecule has 1 saturated carbocycles. The van der Waals surface area contributed by atoms with Crippen LogP contribution >= 0.6 is 0 Å². The highest BCUT2D eigenvalue weighted by Gasteiger charge is 2.28. The quantitative estimate of drug-likeness (QED) is 0.581. The first-order valence-corrected chi connectivity index (χ1v) is 9.21. The van der Waals surface area contributed by atoms with Gasteiger partial charge in [-0.15, -0.1) is 5.10 Å². The minimum absolute atomic E-state index is 0.155. The number of nitrogens with zero attached hydrogens (tertiary/aromatic N) is 5. The molecule has 1 amide bonds. The highest BCUT2D eigenvalue weighted by Crippen LogP contribution is 2.36. The molecule has 7 heteroatoms. The van der Waals surface area contributed by atoms with Gasteiger partial charge in [-0.1, -0.05) is 12.1 Å². The standard InChI is InChI=1S/C21H18N6O/c28-21(15-6-8-18(9-7-15)26-12-1-2-13-26)22-17-5-3-4-16(14-17)20-23-24-25-27(20)19-10-11-19/h1-9,12-14,19H,10-11H2,(H,22,28). The van der Waals surface area contributed by atoms with E-state index in [1.807, 2.05) is 82.3 Å². The van der Waals surface area contributed by atoms with E-state index < -0.39 is 0 Å². The van der Waals surface area contributed by atoms with Crippen LogP contribution in [0.5, 0.6) is 0 Å². The Hall–Kier alpha value is -3.74. The summed E-state index contributed by atoms with van der Waals surface area (Å²) in [5, 5.41) is 15.0. The summed E-state index contributed by atoms with van der Waals surface area (Å²) in [7, 11) is 0. The third-order valence-electron chi connectivity index (χ3n) is 4.80. The molecular weight excluding hydrogens is 352 g/mol. The molecule has 1 N–H and O–H groups in total. The number of aromatic nitrogens is 5. The Morgan fingerprint density at radius 3 is 2.54 bits per heavy atom. The molecule has 0 saturated heterocycles. The van der Waals surface area contributed by atoms with Crippen molar-refractivity contribution in [2.75, 3.05) is 5.32 Å². The van der Waals surface area contributed by atoms with Crippen LogP contribution in [0.2, 0.25) is 0 Å². The summed E-state index contributed by atoms with van der Waals surface area (Å²) >= 11 is 0. The molecular formula is C21H18N6O. The zero-order valence-electron chi connectivity index (χ0n) is 15.1. The van der Waals surface area contributed by atoms with Crippen LogP contribution in [0.25, 0.3) is 17.1 Å². The number of nitrogens with one attached hydrogen (secondary N) is 1. The van der Waals surface area contributed by atoms with Gasteiger partial charge in [-0.2, -0.15) is 0 Å². The maximum Gasteiger partial charge on any atom is 0.255 e. The number of hydrogen-bond acceptors (Lipinski definition) is 4. The van der Waals surface area contributed by atoms with Crippen molar-refractivity contribution in [1.29, 1.82) is 0 Å². The molecule has 0 radical (unpaired) electrons. The lowest BCUT2D eigenvalue weighted by Crippen LogP contribution is -2.12. The van der Waals surface area contributed by atoms with Crippen molar-refractivity contribution in [2.45, 2.75) is 18.9 Å². The Kier molecular flexibility index (Phi) is 3.97. The zero-order chi connectivity index (χ0) is 18.9. The first kappa shape index (κ1) is 16.4. The summed E-state index contributed by atoms with van der Waals surface area (Å²) in [5.74, 6) is 0.577. The van der Waals surface area contributed by atoms with Gasteiger partial charge in [0.05, 0.1) is 6.04 Å². The fourth-order valence-corrected chi connectivity index (χ4v) is 3.18. The Morgan fingerprint density at radius 1 is 1.00 bits per heavy atom. The number of hydrogen-bond donors (Lipinski definition) is 1. The second-order valence-corrected chi connectivity index (χ2v) is 6.85. The summed E-state index contributed by atoms with van der Waals surface area (Å²) < 4.78 is 3.86. The molecule has 2 aromatic heterocycles. The molecule has 1 fully saturated rings. The van der Waals surface area contributed by atoms with E-state index in [9.17, 15) is 4.79 Å². The number of carbonyl (C=O) groups is 1. The van der Waals surface area contributed by atoms with Crippen LogP contribution in [0.4, 0.5) is 5.69 Å². The van der Waals surface area contributed by atoms with Crippen molar-refractivity contribution >= 4 is 11.6 Å². The molecule has 28 heavy (non-hydrogen) atoms. The normalized spacial score (nSPS) is 13.4. The van der Waals surface area contributed by atoms with E-state index in [-0.39, 0.29) is 5.91 Å². The summed E-state index contributed by atoms with van der Waals surface area (Å²) in [4.78, 5) is 12.6. The summed E-state index contributed by atoms with van der Waals surface area (Å²) in [6.45, 7) is 0. The van der Waals surface area contributed by atoms with Crippen LogP contribution in [0.15, 0.2) is 73.1 Å². The summed E-state index contributed by atoms with van der Waals surface area (Å²) in [6.07, 6.45) is 6.15. The van der Waals surface area contributed by atoms with Crippen LogP contribution in [0.3, 0.4) is 0 Å². The fourth-order valence-electron chi connectivity index (χ4n) is 3.18. The molecule has 0 spiro atoms. The van der Waals surface area contributed by atoms with Crippen molar-refractivity contribution in [3.63, 3.8) is 0 Å². The van der Waals surface area contributed by atoms with Crippen molar-refractivity contribution in [3.8, 4) is 17.1 Å². The van der Waals surface area contributed by atoms with E-state index in [1.54, 1.807) is 0 Å². The summed E-state index contributed by atoms with van der Waals surface area (Å²) in [6, 6.07) is 19.4. The van der Waals surface area contributed by atoms with Crippen LogP contribution < -0.4 is 5.32 Å². The predicted molar refractivity (Wildman–Crippen MR) is 105 cm³/mol. The fraction of sp³-hybridized carbons (Fsp3) is 0.143. The van der Waals surface area contributed by atoms with E-state index in [2.05, 4.69) is 20.8 Å². The number of rotatable bonds is 5. The van der Waals surface area contributed by atoms with Gasteiger partial charge in [0.2, 0.25) is 0 Å². The molecule has 0 aliphatic heterocycles. The lowest BCUT2D eigenvalue weighted by atomic mass is 10.1. The van der Waals surface area contributed by atoms with E-state index in [1.165, 1.54) is 0 Å². The highest BCUT2D eigenvalue weighted by molar-refractivity contribution is 6.04. The van der Waals surface area contributed by atoms with Crippen molar-refractivity contribution < 1.29 is 4.79 Å². The molecule has 1 aliphatic rings. The number of amides is 1. The van der Waals surface area contributed by atoms with Crippen LogP contribution in [0.1, 0.15) is 29.2 Å². The summed E-state index contributed by atoms with van der Waals surface area (Å²) in [5.41, 5.74) is 3.21. The average molecular weight is 370 g/mol. The molecule has 138 valence electrons. The zero-order valence-corrected chi connectivity index (χ0v) is 15.1. The Balaban J connectivity index is 1.34. The average Bonchev–Trinajstić information content (AvgIpc) is 3.21. The van der Waals surface area contributed by atoms with Gasteiger partial charge in [-0.25, -0.2) is 4.68 Å².